The van der Waals surface area contributed by atoms with Crippen molar-refractivity contribution in [2.45, 2.75) is 84.8 Å². The molecule has 0 aliphatic carbocycles. The van der Waals surface area contributed by atoms with Crippen LogP contribution in [0.2, 0.25) is 0 Å². The van der Waals surface area contributed by atoms with Crippen LogP contribution in [0.1, 0.15) is 79.6 Å². The van der Waals surface area contributed by atoms with Crippen molar-refractivity contribution in [3.8, 4) is 0 Å². The summed E-state index contributed by atoms with van der Waals surface area (Å²) < 4.78 is 0. The largest absolute Gasteiger partial charge is 0.330 e. The maximum absolute atomic E-state index is 12.4. The third kappa shape index (κ3) is 9.45. The smallest absolute Gasteiger partial charge is 0.242 e. The van der Waals surface area contributed by atoms with Gasteiger partial charge >= 0.3 is 0 Å². The van der Waals surface area contributed by atoms with Gasteiger partial charge in [0.2, 0.25) is 17.7 Å². The van der Waals surface area contributed by atoms with E-state index >= 15 is 0 Å². The highest BCUT2D eigenvalue weighted by Crippen LogP contribution is 2.28. The molecule has 0 aromatic carbocycles. The van der Waals surface area contributed by atoms with Crippen LogP contribution >= 0.6 is 11.8 Å². The van der Waals surface area contributed by atoms with Crippen molar-refractivity contribution in [1.82, 2.24) is 10.2 Å². The highest BCUT2D eigenvalue weighted by molar-refractivity contribution is 8.00. The van der Waals surface area contributed by atoms with Gasteiger partial charge in [0.1, 0.15) is 0 Å². The number of nitrogens with one attached hydrogen (secondary N) is 1. The molecular formula is C21H36N2O3S. The monoisotopic (exact) mass is 396 g/mol. The maximum Gasteiger partial charge on any atom is 0.242 e. The van der Waals surface area contributed by atoms with Crippen molar-refractivity contribution in [3.05, 3.63) is 11.8 Å². The van der Waals surface area contributed by atoms with Gasteiger partial charge in [-0.15, -0.1) is 11.8 Å². The van der Waals surface area contributed by atoms with Crippen LogP contribution in [0.25, 0.3) is 0 Å². The second-order valence-corrected chi connectivity index (χ2v) is 9.75. The molecule has 1 rings (SSSR count). The van der Waals surface area contributed by atoms with E-state index in [2.05, 4.69) is 26.1 Å². The molecule has 6 heteroatoms. The van der Waals surface area contributed by atoms with E-state index in [4.69, 9.17) is 0 Å². The zero-order valence-corrected chi connectivity index (χ0v) is 18.4. The third-order valence-electron chi connectivity index (χ3n) is 4.65. The Balaban J connectivity index is 2.23. The molecule has 0 aromatic heterocycles. The average Bonchev–Trinajstić information content (AvgIpc) is 2.84. The number of carbonyl (C=O) groups excluding carboxylic acids is 3. The SMILES string of the molecule is C/C=C(\C)NC(=O)CCCCCN1C(=O)CC(SCCCC(C)(C)C)C1=O. The predicted molar refractivity (Wildman–Crippen MR) is 112 cm³/mol. The highest BCUT2D eigenvalue weighted by Gasteiger charge is 2.38. The predicted octanol–water partition coefficient (Wildman–Crippen LogP) is 4.27. The van der Waals surface area contributed by atoms with Gasteiger partial charge in [-0.3, -0.25) is 19.3 Å². The number of allylic oxidation sites excluding steroid dienone is 2. The Morgan fingerprint density at radius 1 is 1.22 bits per heavy atom. The van der Waals surface area contributed by atoms with Crippen molar-refractivity contribution in [2.24, 2.45) is 5.41 Å². The van der Waals surface area contributed by atoms with Crippen molar-refractivity contribution in [2.75, 3.05) is 12.3 Å². The van der Waals surface area contributed by atoms with Gasteiger partial charge in [-0.05, 0) is 50.7 Å². The number of nitrogens with zero attached hydrogens (tertiary/aromatic N) is 1. The van der Waals surface area contributed by atoms with E-state index in [1.54, 1.807) is 11.8 Å². The molecule has 1 aliphatic heterocycles. The van der Waals surface area contributed by atoms with Crippen LogP contribution < -0.4 is 5.32 Å². The lowest BCUT2D eigenvalue weighted by Crippen LogP contribution is -2.32. The van der Waals surface area contributed by atoms with E-state index in [1.807, 2.05) is 19.9 Å². The first kappa shape index (κ1) is 23.7. The number of amides is 3. The number of rotatable bonds is 11. The van der Waals surface area contributed by atoms with Gasteiger partial charge in [-0.2, -0.15) is 0 Å². The first-order valence-electron chi connectivity index (χ1n) is 10.0. The standard InChI is InChI=1S/C21H36N2O3S/c1-6-16(2)22-18(24)11-8-7-9-13-23-19(25)15-17(20(23)26)27-14-10-12-21(3,4)5/h6,17H,7-15H2,1-5H3,(H,22,24)/b16-6+. The minimum atomic E-state index is -0.202. The molecule has 3 amide bonds. The zero-order valence-electron chi connectivity index (χ0n) is 17.6. The van der Waals surface area contributed by atoms with Crippen molar-refractivity contribution in [3.63, 3.8) is 0 Å². The van der Waals surface area contributed by atoms with Crippen molar-refractivity contribution < 1.29 is 14.4 Å². The Morgan fingerprint density at radius 3 is 2.56 bits per heavy atom. The molecule has 1 fully saturated rings. The average molecular weight is 397 g/mol. The van der Waals surface area contributed by atoms with Crippen LogP contribution in [0, 0.1) is 5.41 Å². The first-order chi connectivity index (χ1) is 12.6. The van der Waals surface area contributed by atoms with E-state index < -0.39 is 0 Å². The quantitative estimate of drug-likeness (QED) is 0.418. The Hall–Kier alpha value is -1.30. The van der Waals surface area contributed by atoms with Gasteiger partial charge in [0.25, 0.3) is 0 Å². The number of unbranched alkanes of at least 4 members (excludes halogenated alkanes) is 2. The summed E-state index contributed by atoms with van der Waals surface area (Å²) in [7, 11) is 0. The lowest BCUT2D eigenvalue weighted by Gasteiger charge is -2.18. The third-order valence-corrected chi connectivity index (χ3v) is 5.94. The Morgan fingerprint density at radius 2 is 1.93 bits per heavy atom. The zero-order chi connectivity index (χ0) is 20.4. The van der Waals surface area contributed by atoms with Gasteiger partial charge in [-0.25, -0.2) is 0 Å². The van der Waals surface area contributed by atoms with Gasteiger partial charge in [0.15, 0.2) is 0 Å². The number of likely N-dealkylation sites (tertiary alicyclic amines) is 1. The van der Waals surface area contributed by atoms with E-state index in [0.717, 1.165) is 43.6 Å². The summed E-state index contributed by atoms with van der Waals surface area (Å²) >= 11 is 1.63. The molecule has 154 valence electrons. The van der Waals surface area contributed by atoms with E-state index in [1.165, 1.54) is 4.90 Å². The summed E-state index contributed by atoms with van der Waals surface area (Å²) in [6, 6.07) is 0. The Bertz CT molecular complexity index is 552. The van der Waals surface area contributed by atoms with E-state index in [0.29, 0.717) is 24.8 Å². The number of hydrogen-bond donors (Lipinski definition) is 1. The summed E-state index contributed by atoms with van der Waals surface area (Å²) in [5.41, 5.74) is 1.17. The summed E-state index contributed by atoms with van der Waals surface area (Å²) in [6.07, 6.45) is 7.23. The van der Waals surface area contributed by atoms with E-state index in [9.17, 15) is 14.4 Å². The maximum atomic E-state index is 12.4. The Kier molecular flexibility index (Phi) is 10.1. The molecule has 1 N–H and O–H groups in total. The van der Waals surface area contributed by atoms with Gasteiger partial charge in [0.05, 0.1) is 5.25 Å². The second-order valence-electron chi connectivity index (χ2n) is 8.44. The molecule has 0 spiro atoms. The van der Waals surface area contributed by atoms with Crippen LogP contribution in [-0.4, -0.2) is 40.2 Å². The molecular weight excluding hydrogens is 360 g/mol. The fraction of sp³-hybridized carbons (Fsp3) is 0.762. The molecule has 27 heavy (non-hydrogen) atoms. The molecule has 1 atom stereocenters. The topological polar surface area (TPSA) is 66.5 Å². The molecule has 0 saturated carbocycles. The van der Waals surface area contributed by atoms with Gasteiger partial charge < -0.3 is 5.32 Å². The van der Waals surface area contributed by atoms with Crippen molar-refractivity contribution >= 4 is 29.5 Å². The molecule has 0 radical (unpaired) electrons. The number of carbonyl (C=O) groups is 3. The molecule has 5 nitrogen and oxygen atoms in total. The minimum absolute atomic E-state index is 0.0191. The normalized spacial score (nSPS) is 18.3. The Labute approximate surface area is 168 Å². The summed E-state index contributed by atoms with van der Waals surface area (Å²) in [5.74, 6) is 0.873. The first-order valence-corrected chi connectivity index (χ1v) is 11.1. The molecule has 1 unspecified atom stereocenters. The minimum Gasteiger partial charge on any atom is -0.330 e. The lowest BCUT2D eigenvalue weighted by atomic mass is 9.91. The molecule has 1 aliphatic rings. The van der Waals surface area contributed by atoms with Crippen LogP contribution in [0.15, 0.2) is 11.8 Å². The number of imide groups is 1. The molecule has 0 aromatic rings. The lowest BCUT2D eigenvalue weighted by molar-refractivity contribution is -0.138. The fourth-order valence-electron chi connectivity index (χ4n) is 2.93. The summed E-state index contributed by atoms with van der Waals surface area (Å²) in [6.45, 7) is 10.9. The number of hydrogen-bond acceptors (Lipinski definition) is 4. The van der Waals surface area contributed by atoms with Crippen LogP contribution in [-0.2, 0) is 14.4 Å². The van der Waals surface area contributed by atoms with Crippen LogP contribution in [0.3, 0.4) is 0 Å². The number of thioether (sulfide) groups is 1. The second kappa shape index (κ2) is 11.5. The molecule has 1 saturated heterocycles. The van der Waals surface area contributed by atoms with Crippen LogP contribution in [0.4, 0.5) is 0 Å². The summed E-state index contributed by atoms with van der Waals surface area (Å²) in [5, 5.41) is 2.61. The van der Waals surface area contributed by atoms with Crippen LogP contribution in [0.5, 0.6) is 0 Å². The van der Waals surface area contributed by atoms with Crippen molar-refractivity contribution in [1.29, 1.82) is 0 Å². The van der Waals surface area contributed by atoms with Gasteiger partial charge in [0, 0.05) is 25.1 Å². The van der Waals surface area contributed by atoms with E-state index in [-0.39, 0.29) is 23.0 Å². The molecule has 1 heterocycles. The molecule has 0 bridgehead atoms. The highest BCUT2D eigenvalue weighted by atomic mass is 32.2. The van der Waals surface area contributed by atoms with Gasteiger partial charge in [-0.1, -0.05) is 33.3 Å². The fourth-order valence-corrected chi connectivity index (χ4v) is 4.06. The summed E-state index contributed by atoms with van der Waals surface area (Å²) in [4.78, 5) is 37.7.